The first kappa shape index (κ1) is 39.5. The summed E-state index contributed by atoms with van der Waals surface area (Å²) in [6, 6.07) is -1.51. The zero-order valence-electron chi connectivity index (χ0n) is 25.5. The molecule has 22 heteroatoms. The third kappa shape index (κ3) is 8.24. The van der Waals surface area contributed by atoms with Crippen LogP contribution in [0.25, 0.3) is 0 Å². The van der Waals surface area contributed by atoms with E-state index in [1.165, 1.54) is 0 Å². The van der Waals surface area contributed by atoms with Crippen LogP contribution in [0.5, 0.6) is 0 Å². The van der Waals surface area contributed by atoms with Gasteiger partial charge >= 0.3 is 0 Å². The predicted octanol–water partition coefficient (Wildman–Crippen LogP) is -9.61. The van der Waals surface area contributed by atoms with Crippen molar-refractivity contribution in [2.75, 3.05) is 26.4 Å². The van der Waals surface area contributed by atoms with Crippen molar-refractivity contribution < 1.29 is 104 Å². The lowest BCUT2D eigenvalue weighted by atomic mass is 9.96. The standard InChI is InChI=1S/C26H45NO21/c1-6(31)27-11-14(35)21(47-26-18(39)16(37)20(46-26)7(32)2-28)10(43-23(11)41)5-42-24-19(40)22(13(34)9(4-30)44-24)48-25-17(38)15(36)12(33)8(3-29)45-25/h7-26,28-30,32-41H,2-5H2,1H3,(H,27,31)/t7-,8+,9+,10+,11-,12-,13-,14+,15+,16-,17+,18-,19+,20+,21+,22-,23-,24+,25-,26+/m1/s1. The molecule has 0 bridgehead atoms. The van der Waals surface area contributed by atoms with Crippen molar-refractivity contribution in [1.29, 1.82) is 0 Å². The van der Waals surface area contributed by atoms with Gasteiger partial charge in [0.2, 0.25) is 5.91 Å². The molecule has 280 valence electrons. The molecule has 4 saturated heterocycles. The first-order valence-corrected chi connectivity index (χ1v) is 15.1. The number of carbonyl (C=O) groups excluding carboxylic acids is 1. The fourth-order valence-corrected chi connectivity index (χ4v) is 5.86. The Morgan fingerprint density at radius 2 is 1.21 bits per heavy atom. The Labute approximate surface area is 272 Å². The van der Waals surface area contributed by atoms with Crippen LogP contribution in [0, 0.1) is 0 Å². The smallest absolute Gasteiger partial charge is 0.217 e. The average molecular weight is 708 g/mol. The average Bonchev–Trinajstić information content (AvgIpc) is 3.34. The maximum absolute atomic E-state index is 11.7. The van der Waals surface area contributed by atoms with Gasteiger partial charge in [-0.1, -0.05) is 0 Å². The number of ether oxygens (including phenoxy) is 7. The highest BCUT2D eigenvalue weighted by atomic mass is 16.8. The predicted molar refractivity (Wildman–Crippen MR) is 145 cm³/mol. The Kier molecular flexibility index (Phi) is 13.8. The SMILES string of the molecule is CC(=O)N[C@@H]1[C@H](O)[C@@H](O[C@@H]2O[C@@H]([C@H](O)CO)[C@H](O)[C@H]2O)[C@H](CO[C@H]2O[C@@H](CO)[C@@H](O)[C@@H](O[C@H]3O[C@@H](CO)[C@@H](O)[C@H](O)[C@@H]3O)[C@@H]2O)O[C@H]1O. The molecule has 0 aromatic heterocycles. The van der Waals surface area contributed by atoms with Crippen molar-refractivity contribution in [2.45, 2.75) is 130 Å². The topological polar surface area (TPSA) is 357 Å². The first-order valence-electron chi connectivity index (χ1n) is 15.1. The normalized spacial score (nSPS) is 49.1. The summed E-state index contributed by atoms with van der Waals surface area (Å²) in [4.78, 5) is 11.7. The Balaban J connectivity index is 1.51. The van der Waals surface area contributed by atoms with Gasteiger partial charge in [-0.25, -0.2) is 0 Å². The van der Waals surface area contributed by atoms with E-state index in [0.717, 1.165) is 6.92 Å². The number of carbonyl (C=O) groups is 1. The molecule has 4 heterocycles. The molecule has 4 rings (SSSR count). The minimum absolute atomic E-state index is 0.688. The number of aliphatic hydroxyl groups excluding tert-OH is 13. The molecular formula is C26H45NO21. The van der Waals surface area contributed by atoms with Gasteiger partial charge in [-0.05, 0) is 0 Å². The van der Waals surface area contributed by atoms with E-state index < -0.39 is 155 Å². The fraction of sp³-hybridized carbons (Fsp3) is 0.962. The third-order valence-electron chi connectivity index (χ3n) is 8.56. The van der Waals surface area contributed by atoms with Crippen LogP contribution in [-0.2, 0) is 38.0 Å². The molecule has 4 fully saturated rings. The molecule has 1 amide bonds. The van der Waals surface area contributed by atoms with Gasteiger partial charge in [-0.2, -0.15) is 0 Å². The van der Waals surface area contributed by atoms with Crippen molar-refractivity contribution in [3.05, 3.63) is 0 Å². The summed E-state index contributed by atoms with van der Waals surface area (Å²) in [6.45, 7) is -2.16. The van der Waals surface area contributed by atoms with E-state index in [1.54, 1.807) is 0 Å². The second kappa shape index (κ2) is 16.8. The molecule has 0 aromatic rings. The minimum atomic E-state index is -1.95. The second-order valence-corrected chi connectivity index (χ2v) is 11.9. The van der Waals surface area contributed by atoms with E-state index in [2.05, 4.69) is 5.32 Å². The Morgan fingerprint density at radius 1 is 0.646 bits per heavy atom. The number of hydrogen-bond acceptors (Lipinski definition) is 21. The van der Waals surface area contributed by atoms with E-state index in [4.69, 9.17) is 33.2 Å². The molecule has 14 N–H and O–H groups in total. The quantitative estimate of drug-likeness (QED) is 0.0895. The van der Waals surface area contributed by atoms with Crippen LogP contribution in [0.3, 0.4) is 0 Å². The summed E-state index contributed by atoms with van der Waals surface area (Å²) in [5.41, 5.74) is 0. The van der Waals surface area contributed by atoms with E-state index in [-0.39, 0.29) is 0 Å². The Bertz CT molecular complexity index is 1030. The van der Waals surface area contributed by atoms with Crippen LogP contribution in [0.4, 0.5) is 0 Å². The van der Waals surface area contributed by atoms with Crippen LogP contribution in [0.1, 0.15) is 6.92 Å². The van der Waals surface area contributed by atoms with E-state index in [0.29, 0.717) is 0 Å². The van der Waals surface area contributed by atoms with Gasteiger partial charge in [-0.3, -0.25) is 4.79 Å². The van der Waals surface area contributed by atoms with Gasteiger partial charge in [0.05, 0.1) is 26.4 Å². The number of aliphatic hydroxyl groups is 13. The molecular weight excluding hydrogens is 662 g/mol. The van der Waals surface area contributed by atoms with Gasteiger partial charge in [0.1, 0.15) is 97.6 Å². The molecule has 0 aromatic carbocycles. The fourth-order valence-electron chi connectivity index (χ4n) is 5.86. The molecule has 0 radical (unpaired) electrons. The summed E-state index contributed by atoms with van der Waals surface area (Å²) in [7, 11) is 0. The molecule has 0 spiro atoms. The molecule has 0 aliphatic carbocycles. The van der Waals surface area contributed by atoms with Gasteiger partial charge in [0, 0.05) is 6.92 Å². The summed E-state index contributed by atoms with van der Waals surface area (Å²) in [5.74, 6) is -0.688. The lowest BCUT2D eigenvalue weighted by Gasteiger charge is -2.47. The van der Waals surface area contributed by atoms with Crippen molar-refractivity contribution in [3.8, 4) is 0 Å². The van der Waals surface area contributed by atoms with Crippen molar-refractivity contribution >= 4 is 5.91 Å². The number of rotatable bonds is 12. The highest BCUT2D eigenvalue weighted by molar-refractivity contribution is 5.73. The molecule has 0 unspecified atom stereocenters. The van der Waals surface area contributed by atoms with Crippen LogP contribution in [0.2, 0.25) is 0 Å². The monoisotopic (exact) mass is 707 g/mol. The molecule has 48 heavy (non-hydrogen) atoms. The zero-order valence-corrected chi connectivity index (χ0v) is 25.5. The maximum atomic E-state index is 11.7. The van der Waals surface area contributed by atoms with Crippen LogP contribution >= 0.6 is 0 Å². The second-order valence-electron chi connectivity index (χ2n) is 11.9. The number of amides is 1. The van der Waals surface area contributed by atoms with Crippen LogP contribution < -0.4 is 5.32 Å². The summed E-state index contributed by atoms with van der Waals surface area (Å²) in [5, 5.41) is 135. The van der Waals surface area contributed by atoms with Gasteiger partial charge in [0.25, 0.3) is 0 Å². The van der Waals surface area contributed by atoms with E-state index >= 15 is 0 Å². The molecule has 0 saturated carbocycles. The Morgan fingerprint density at radius 3 is 1.81 bits per heavy atom. The number of hydrogen-bond donors (Lipinski definition) is 14. The third-order valence-corrected chi connectivity index (χ3v) is 8.56. The Hall–Kier alpha value is -1.33. The highest BCUT2D eigenvalue weighted by Crippen LogP contribution is 2.33. The van der Waals surface area contributed by atoms with Crippen molar-refractivity contribution in [1.82, 2.24) is 5.32 Å². The highest BCUT2D eigenvalue weighted by Gasteiger charge is 2.54. The van der Waals surface area contributed by atoms with Crippen molar-refractivity contribution in [2.24, 2.45) is 0 Å². The van der Waals surface area contributed by atoms with Gasteiger partial charge in [0.15, 0.2) is 25.2 Å². The summed E-state index contributed by atoms with van der Waals surface area (Å²) in [6.07, 6.45) is -32.9. The largest absolute Gasteiger partial charge is 0.394 e. The molecule has 20 atom stereocenters. The minimum Gasteiger partial charge on any atom is -0.394 e. The van der Waals surface area contributed by atoms with Crippen LogP contribution in [-0.4, -0.2) is 221 Å². The van der Waals surface area contributed by atoms with Crippen molar-refractivity contribution in [3.63, 3.8) is 0 Å². The molecule has 4 aliphatic rings. The first-order chi connectivity index (χ1) is 22.6. The number of nitrogens with one attached hydrogen (secondary N) is 1. The molecule has 4 aliphatic heterocycles. The summed E-state index contributed by atoms with van der Waals surface area (Å²) < 4.78 is 38.4. The summed E-state index contributed by atoms with van der Waals surface area (Å²) >= 11 is 0. The van der Waals surface area contributed by atoms with E-state index in [9.17, 15) is 71.2 Å². The van der Waals surface area contributed by atoms with Gasteiger partial charge in [-0.15, -0.1) is 0 Å². The van der Waals surface area contributed by atoms with Gasteiger partial charge < -0.3 is 105 Å². The lowest BCUT2D eigenvalue weighted by Crippen LogP contribution is -2.66. The van der Waals surface area contributed by atoms with Crippen LogP contribution in [0.15, 0.2) is 0 Å². The zero-order chi connectivity index (χ0) is 35.6. The maximum Gasteiger partial charge on any atom is 0.217 e. The lowest BCUT2D eigenvalue weighted by molar-refractivity contribution is -0.365. The van der Waals surface area contributed by atoms with E-state index in [1.807, 2.05) is 0 Å². The molecule has 22 nitrogen and oxygen atoms in total.